The van der Waals surface area contributed by atoms with Crippen molar-refractivity contribution < 1.29 is 66.6 Å². The fraction of sp³-hybridized carbons (Fsp3) is 0.900. The molecule has 0 heterocycles. The second-order valence-electron chi connectivity index (χ2n) is 5.29. The van der Waals surface area contributed by atoms with Crippen LogP contribution in [0.25, 0.3) is 0 Å². The zero-order valence-corrected chi connectivity index (χ0v) is 13.4. The molecular formula is C10H8F11NO4S. The van der Waals surface area contributed by atoms with Gasteiger partial charge in [0.2, 0.25) is 0 Å². The Kier molecular flexibility index (Phi) is 5.09. The third kappa shape index (κ3) is 2.32. The first-order chi connectivity index (χ1) is 11.6. The van der Waals surface area contributed by atoms with Gasteiger partial charge in [0.15, 0.2) is 0 Å². The monoisotopic (exact) mass is 447 g/mol. The number of carboxylic acid groups (broad SMARTS) is 1. The average molecular weight is 447 g/mol. The summed E-state index contributed by atoms with van der Waals surface area (Å²) in [6, 6.07) is 0. The predicted octanol–water partition coefficient (Wildman–Crippen LogP) is 2.58. The van der Waals surface area contributed by atoms with Crippen molar-refractivity contribution in [3.05, 3.63) is 0 Å². The van der Waals surface area contributed by atoms with Crippen molar-refractivity contribution >= 4 is 16.0 Å². The van der Waals surface area contributed by atoms with Gasteiger partial charge in [0.25, 0.3) is 10.0 Å². The first-order valence-corrected chi connectivity index (χ1v) is 7.86. The first-order valence-electron chi connectivity index (χ1n) is 6.42. The van der Waals surface area contributed by atoms with Gasteiger partial charge in [0.1, 0.15) is 6.54 Å². The van der Waals surface area contributed by atoms with E-state index in [4.69, 9.17) is 5.11 Å². The maximum Gasteiger partial charge on any atom is 0.384 e. The summed E-state index contributed by atoms with van der Waals surface area (Å²) in [5, 5.41) is 1.08. The van der Waals surface area contributed by atoms with Crippen LogP contribution in [0, 0.1) is 0 Å². The molecule has 0 aromatic carbocycles. The van der Waals surface area contributed by atoms with Crippen LogP contribution in [0.1, 0.15) is 6.92 Å². The van der Waals surface area contributed by atoms with E-state index in [0.717, 1.165) is 0 Å². The van der Waals surface area contributed by atoms with E-state index in [1.165, 1.54) is 0 Å². The Hall–Kier alpha value is -1.39. The highest BCUT2D eigenvalue weighted by Crippen LogP contribution is 2.70. The normalized spacial score (nSPS) is 27.3. The van der Waals surface area contributed by atoms with Crippen molar-refractivity contribution in [2.75, 3.05) is 13.1 Å². The van der Waals surface area contributed by atoms with Gasteiger partial charge in [-0.2, -0.15) is 48.2 Å². The van der Waals surface area contributed by atoms with Gasteiger partial charge >= 0.3 is 40.6 Å². The van der Waals surface area contributed by atoms with E-state index in [1.54, 1.807) is 0 Å². The summed E-state index contributed by atoms with van der Waals surface area (Å²) in [4.78, 5) is 10.5. The van der Waals surface area contributed by atoms with Crippen molar-refractivity contribution in [2.24, 2.45) is 0 Å². The van der Waals surface area contributed by atoms with Crippen LogP contribution in [0.5, 0.6) is 0 Å². The molecule has 27 heavy (non-hydrogen) atoms. The number of halogens is 11. The minimum atomic E-state index is -7.60. The SMILES string of the molecule is CCN(CC(=O)O)S(=O)(=O)C1(F)C(F)(F)C(F)(F)C(F)(F)C(F)(F)C1(F)F. The molecule has 0 aromatic rings. The summed E-state index contributed by atoms with van der Waals surface area (Å²) in [5.41, 5.74) is 0. The van der Waals surface area contributed by atoms with Crippen molar-refractivity contribution in [2.45, 2.75) is 41.5 Å². The number of hydrogen-bond donors (Lipinski definition) is 1. The van der Waals surface area contributed by atoms with E-state index < -0.39 is 68.0 Å². The van der Waals surface area contributed by atoms with Gasteiger partial charge in [-0.25, -0.2) is 12.8 Å². The average Bonchev–Trinajstić information content (AvgIpc) is 2.48. The lowest BCUT2D eigenvalue weighted by Gasteiger charge is -2.52. The highest BCUT2D eigenvalue weighted by molar-refractivity contribution is 7.90. The Bertz CT molecular complexity index is 705. The van der Waals surface area contributed by atoms with E-state index in [2.05, 4.69) is 0 Å². The van der Waals surface area contributed by atoms with Crippen molar-refractivity contribution in [1.29, 1.82) is 0 Å². The summed E-state index contributed by atoms with van der Waals surface area (Å²) >= 11 is 0. The molecule has 0 aliphatic heterocycles. The standard InChI is InChI=1S/C10H8F11NO4S/c1-2-22(3-4(23)24)27(25,26)10(21)8(17,18)6(13,14)5(11,12)7(15,16)9(10,19)20/h2-3H2,1H3,(H,23,24). The largest absolute Gasteiger partial charge is 0.480 e. The Balaban J connectivity index is 4.00. The molecule has 0 amide bonds. The Morgan fingerprint density at radius 3 is 1.33 bits per heavy atom. The van der Waals surface area contributed by atoms with Crippen molar-refractivity contribution in [1.82, 2.24) is 4.31 Å². The topological polar surface area (TPSA) is 74.7 Å². The minimum Gasteiger partial charge on any atom is -0.480 e. The molecule has 17 heteroatoms. The number of hydrogen-bond acceptors (Lipinski definition) is 3. The zero-order chi connectivity index (χ0) is 22.1. The fourth-order valence-corrected chi connectivity index (χ4v) is 4.09. The van der Waals surface area contributed by atoms with Gasteiger partial charge in [-0.05, 0) is 0 Å². The van der Waals surface area contributed by atoms with Gasteiger partial charge in [-0.3, -0.25) is 4.79 Å². The van der Waals surface area contributed by atoms with Gasteiger partial charge in [-0.15, -0.1) is 0 Å². The van der Waals surface area contributed by atoms with Crippen molar-refractivity contribution in [3.63, 3.8) is 0 Å². The molecule has 0 unspecified atom stereocenters. The lowest BCUT2D eigenvalue weighted by molar-refractivity contribution is -0.470. The van der Waals surface area contributed by atoms with Crippen molar-refractivity contribution in [3.8, 4) is 0 Å². The number of carbonyl (C=O) groups is 1. The van der Waals surface area contributed by atoms with E-state index in [9.17, 15) is 61.5 Å². The maximum atomic E-state index is 14.5. The van der Waals surface area contributed by atoms with Crippen LogP contribution in [0.3, 0.4) is 0 Å². The molecule has 1 fully saturated rings. The summed E-state index contributed by atoms with van der Waals surface area (Å²) in [7, 11) is -7.38. The summed E-state index contributed by atoms with van der Waals surface area (Å²) in [6.07, 6.45) is 0. The zero-order valence-electron chi connectivity index (χ0n) is 12.6. The number of sulfonamides is 1. The number of aliphatic carboxylic acids is 1. The summed E-state index contributed by atoms with van der Waals surface area (Å²) < 4.78 is 171. The smallest absolute Gasteiger partial charge is 0.384 e. The molecule has 1 N–H and O–H groups in total. The molecular weight excluding hydrogens is 439 g/mol. The van der Waals surface area contributed by atoms with Crippen LogP contribution < -0.4 is 0 Å². The van der Waals surface area contributed by atoms with Crippen LogP contribution in [-0.4, -0.2) is 71.5 Å². The molecule has 0 aromatic heterocycles. The highest BCUT2D eigenvalue weighted by Gasteiger charge is 3.04. The van der Waals surface area contributed by atoms with Crippen LogP contribution in [0.2, 0.25) is 0 Å². The van der Waals surface area contributed by atoms with Gasteiger partial charge < -0.3 is 5.11 Å². The second-order valence-corrected chi connectivity index (χ2v) is 7.32. The first kappa shape index (κ1) is 23.6. The van der Waals surface area contributed by atoms with Crippen LogP contribution >= 0.6 is 0 Å². The quantitative estimate of drug-likeness (QED) is 0.658. The maximum absolute atomic E-state index is 14.5. The molecule has 0 atom stereocenters. The van der Waals surface area contributed by atoms with E-state index in [-0.39, 0.29) is 0 Å². The Morgan fingerprint density at radius 2 is 1.07 bits per heavy atom. The molecule has 1 saturated carbocycles. The van der Waals surface area contributed by atoms with E-state index in [0.29, 0.717) is 6.92 Å². The Labute approximate surface area is 142 Å². The third-order valence-electron chi connectivity index (χ3n) is 3.74. The molecule has 160 valence electrons. The third-order valence-corrected chi connectivity index (χ3v) is 6.04. The van der Waals surface area contributed by atoms with Gasteiger partial charge in [0.05, 0.1) is 0 Å². The number of alkyl halides is 11. The highest BCUT2D eigenvalue weighted by atomic mass is 32.2. The van der Waals surface area contributed by atoms with E-state index >= 15 is 0 Å². The molecule has 0 spiro atoms. The van der Waals surface area contributed by atoms with E-state index in [1.807, 2.05) is 0 Å². The molecule has 1 rings (SSSR count). The summed E-state index contributed by atoms with van der Waals surface area (Å²) in [6.45, 7) is -3.02. The number of nitrogens with zero attached hydrogens (tertiary/aromatic N) is 1. The molecule has 0 saturated heterocycles. The van der Waals surface area contributed by atoms with Crippen LogP contribution in [0.4, 0.5) is 48.3 Å². The number of rotatable bonds is 5. The van der Waals surface area contributed by atoms with Crippen LogP contribution in [-0.2, 0) is 14.8 Å². The van der Waals surface area contributed by atoms with Crippen LogP contribution in [0.15, 0.2) is 0 Å². The molecule has 5 nitrogen and oxygen atoms in total. The number of likely N-dealkylation sites (N-methyl/N-ethyl adjacent to an activating group) is 1. The van der Waals surface area contributed by atoms with Gasteiger partial charge in [-0.1, -0.05) is 6.92 Å². The lowest BCUT2D eigenvalue weighted by atomic mass is 9.80. The molecule has 0 bridgehead atoms. The molecule has 1 aliphatic carbocycles. The lowest BCUT2D eigenvalue weighted by Crippen LogP contribution is -2.86. The predicted molar refractivity (Wildman–Crippen MR) is 62.4 cm³/mol. The molecule has 0 radical (unpaired) electrons. The minimum absolute atomic E-state index is 0.522. The summed E-state index contributed by atoms with van der Waals surface area (Å²) in [5.74, 6) is -40.3. The molecule has 1 aliphatic rings. The Morgan fingerprint density at radius 1 is 0.778 bits per heavy atom. The fourth-order valence-electron chi connectivity index (χ4n) is 2.21. The number of carboxylic acids is 1. The second kappa shape index (κ2) is 5.81. The van der Waals surface area contributed by atoms with Gasteiger partial charge in [0, 0.05) is 6.54 Å².